The summed E-state index contributed by atoms with van der Waals surface area (Å²) in [6.07, 6.45) is 1.92. The first-order chi connectivity index (χ1) is 8.78. The number of hydrogen-bond acceptors (Lipinski definition) is 5. The van der Waals surface area contributed by atoms with E-state index in [1.54, 1.807) is 17.5 Å². The first-order valence-electron chi connectivity index (χ1n) is 5.14. The normalized spacial score (nSPS) is 9.61. The summed E-state index contributed by atoms with van der Waals surface area (Å²) in [5.41, 5.74) is 0.995. The molecule has 0 aromatic carbocycles. The van der Waals surface area contributed by atoms with E-state index in [4.69, 9.17) is 5.11 Å². The molecule has 0 saturated heterocycles. The molecule has 2 rings (SSSR count). The number of nitrogens with zero attached hydrogens (tertiary/aromatic N) is 1. The minimum absolute atomic E-state index is 0.0931. The molecule has 6 heteroatoms. The second-order valence-corrected chi connectivity index (χ2v) is 5.16. The van der Waals surface area contributed by atoms with Gasteiger partial charge < -0.3 is 10.4 Å². The highest BCUT2D eigenvalue weighted by Crippen LogP contribution is 2.17. The van der Waals surface area contributed by atoms with Crippen LogP contribution in [0.15, 0.2) is 23.0 Å². The molecule has 0 unspecified atom stereocenters. The smallest absolute Gasteiger partial charge is 0.230 e. The average Bonchev–Trinajstić information content (AvgIpc) is 2.98. The van der Waals surface area contributed by atoms with Crippen LogP contribution < -0.4 is 5.32 Å². The number of aromatic nitrogens is 1. The number of carbonyl (C=O) groups is 1. The predicted molar refractivity (Wildman–Crippen MR) is 72.7 cm³/mol. The first-order valence-corrected chi connectivity index (χ1v) is 6.90. The standard InChI is InChI=1S/C12H10N2O2S2/c15-4-1-2-10-7-13-12(18-10)14-11(16)6-9-3-5-17-8-9/h3,5,7-8,15H,4,6H2,(H,13,14,16). The summed E-state index contributed by atoms with van der Waals surface area (Å²) in [5.74, 6) is 5.18. The topological polar surface area (TPSA) is 62.2 Å². The Morgan fingerprint density at radius 3 is 3.17 bits per heavy atom. The van der Waals surface area contributed by atoms with E-state index in [9.17, 15) is 4.79 Å². The van der Waals surface area contributed by atoms with Crippen molar-refractivity contribution in [2.75, 3.05) is 11.9 Å². The molecule has 2 heterocycles. The third-order valence-electron chi connectivity index (χ3n) is 1.99. The van der Waals surface area contributed by atoms with Crippen molar-refractivity contribution >= 4 is 33.7 Å². The van der Waals surface area contributed by atoms with Gasteiger partial charge in [-0.1, -0.05) is 23.2 Å². The van der Waals surface area contributed by atoms with Gasteiger partial charge in [-0.2, -0.15) is 11.3 Å². The van der Waals surface area contributed by atoms with Gasteiger partial charge >= 0.3 is 0 Å². The van der Waals surface area contributed by atoms with E-state index in [-0.39, 0.29) is 12.5 Å². The Kier molecular flexibility index (Phi) is 4.47. The molecule has 4 nitrogen and oxygen atoms in total. The van der Waals surface area contributed by atoms with Gasteiger partial charge in [0.25, 0.3) is 0 Å². The molecule has 0 fully saturated rings. The highest BCUT2D eigenvalue weighted by atomic mass is 32.1. The van der Waals surface area contributed by atoms with Crippen LogP contribution in [0.1, 0.15) is 10.4 Å². The summed E-state index contributed by atoms with van der Waals surface area (Å²) in [6, 6.07) is 1.92. The molecule has 18 heavy (non-hydrogen) atoms. The van der Waals surface area contributed by atoms with E-state index in [1.165, 1.54) is 11.3 Å². The summed E-state index contributed by atoms with van der Waals surface area (Å²) >= 11 is 2.85. The van der Waals surface area contributed by atoms with Crippen LogP contribution in [0, 0.1) is 11.8 Å². The van der Waals surface area contributed by atoms with Gasteiger partial charge in [0.1, 0.15) is 6.61 Å². The Bertz CT molecular complexity index is 579. The molecule has 0 saturated carbocycles. The number of rotatable bonds is 3. The summed E-state index contributed by atoms with van der Waals surface area (Å²) in [7, 11) is 0. The maximum Gasteiger partial charge on any atom is 0.230 e. The molecule has 0 aliphatic heterocycles. The number of anilines is 1. The molecule has 0 spiro atoms. The molecular weight excluding hydrogens is 268 g/mol. The molecule has 1 amide bonds. The minimum atomic E-state index is -0.183. The van der Waals surface area contributed by atoms with Crippen molar-refractivity contribution in [2.24, 2.45) is 0 Å². The molecule has 0 bridgehead atoms. The van der Waals surface area contributed by atoms with Crippen molar-refractivity contribution in [3.8, 4) is 11.8 Å². The Morgan fingerprint density at radius 1 is 1.56 bits per heavy atom. The number of aliphatic hydroxyl groups is 1. The van der Waals surface area contributed by atoms with Gasteiger partial charge in [-0.3, -0.25) is 4.79 Å². The Hall–Kier alpha value is -1.68. The summed E-state index contributed by atoms with van der Waals surface area (Å²) in [6.45, 7) is -0.183. The van der Waals surface area contributed by atoms with E-state index in [0.29, 0.717) is 11.6 Å². The molecule has 2 aromatic rings. The van der Waals surface area contributed by atoms with Crippen molar-refractivity contribution in [1.82, 2.24) is 4.98 Å². The number of thiazole rings is 1. The van der Waals surface area contributed by atoms with Gasteiger partial charge in [-0.25, -0.2) is 4.98 Å². The van der Waals surface area contributed by atoms with Crippen molar-refractivity contribution in [1.29, 1.82) is 0 Å². The van der Waals surface area contributed by atoms with Gasteiger partial charge in [0.15, 0.2) is 5.13 Å². The van der Waals surface area contributed by atoms with Crippen LogP contribution in [-0.2, 0) is 11.2 Å². The van der Waals surface area contributed by atoms with E-state index in [2.05, 4.69) is 22.1 Å². The molecule has 2 aromatic heterocycles. The molecular formula is C12H10N2O2S2. The lowest BCUT2D eigenvalue weighted by Gasteiger charge is -1.98. The largest absolute Gasteiger partial charge is 0.384 e. The zero-order chi connectivity index (χ0) is 12.8. The van der Waals surface area contributed by atoms with Crippen LogP contribution in [0.2, 0.25) is 0 Å². The minimum Gasteiger partial charge on any atom is -0.384 e. The van der Waals surface area contributed by atoms with Crippen molar-refractivity contribution in [2.45, 2.75) is 6.42 Å². The maximum absolute atomic E-state index is 11.7. The third kappa shape index (κ3) is 3.67. The van der Waals surface area contributed by atoms with Gasteiger partial charge in [-0.05, 0) is 22.4 Å². The third-order valence-corrected chi connectivity index (χ3v) is 3.55. The number of carbonyl (C=O) groups excluding carboxylic acids is 1. The van der Waals surface area contributed by atoms with E-state index >= 15 is 0 Å². The van der Waals surface area contributed by atoms with Gasteiger partial charge in [0, 0.05) is 0 Å². The van der Waals surface area contributed by atoms with Crippen molar-refractivity contribution in [3.05, 3.63) is 33.5 Å². The van der Waals surface area contributed by atoms with Crippen LogP contribution in [-0.4, -0.2) is 22.6 Å². The van der Waals surface area contributed by atoms with Crippen LogP contribution in [0.4, 0.5) is 5.13 Å². The number of thiophene rings is 1. The van der Waals surface area contributed by atoms with Gasteiger partial charge in [-0.15, -0.1) is 0 Å². The first kappa shape index (κ1) is 12.8. The lowest BCUT2D eigenvalue weighted by molar-refractivity contribution is -0.115. The molecule has 0 aliphatic rings. The van der Waals surface area contributed by atoms with Crippen molar-refractivity contribution < 1.29 is 9.90 Å². The fourth-order valence-electron chi connectivity index (χ4n) is 1.26. The molecule has 2 N–H and O–H groups in total. The van der Waals surface area contributed by atoms with E-state index in [0.717, 1.165) is 10.4 Å². The van der Waals surface area contributed by atoms with Crippen LogP contribution in [0.5, 0.6) is 0 Å². The number of hydrogen-bond donors (Lipinski definition) is 2. The Morgan fingerprint density at radius 2 is 2.44 bits per heavy atom. The van der Waals surface area contributed by atoms with E-state index in [1.807, 2.05) is 16.8 Å². The Labute approximate surface area is 112 Å². The van der Waals surface area contributed by atoms with Crippen LogP contribution in [0.25, 0.3) is 0 Å². The second kappa shape index (κ2) is 6.31. The lowest BCUT2D eigenvalue weighted by Crippen LogP contribution is -2.13. The molecule has 92 valence electrons. The van der Waals surface area contributed by atoms with Crippen LogP contribution >= 0.6 is 22.7 Å². The fraction of sp³-hybridized carbons (Fsp3) is 0.167. The SMILES string of the molecule is O=C(Cc1ccsc1)Nc1ncc(C#CCO)s1. The summed E-state index contributed by atoms with van der Waals surface area (Å²) in [4.78, 5) is 16.4. The maximum atomic E-state index is 11.7. The number of amides is 1. The zero-order valence-corrected chi connectivity index (χ0v) is 11.0. The molecule has 0 radical (unpaired) electrons. The highest BCUT2D eigenvalue weighted by molar-refractivity contribution is 7.16. The van der Waals surface area contributed by atoms with Crippen molar-refractivity contribution in [3.63, 3.8) is 0 Å². The average molecular weight is 278 g/mol. The van der Waals surface area contributed by atoms with Gasteiger partial charge in [0.05, 0.1) is 17.5 Å². The lowest BCUT2D eigenvalue weighted by atomic mass is 10.2. The molecule has 0 atom stereocenters. The quantitative estimate of drug-likeness (QED) is 0.841. The predicted octanol–water partition coefficient (Wildman–Crippen LogP) is 1.73. The monoisotopic (exact) mass is 278 g/mol. The Balaban J connectivity index is 1.93. The highest BCUT2D eigenvalue weighted by Gasteiger charge is 2.07. The number of nitrogens with one attached hydrogen (secondary N) is 1. The second-order valence-electron chi connectivity index (χ2n) is 3.35. The van der Waals surface area contributed by atoms with Crippen LogP contribution in [0.3, 0.4) is 0 Å². The summed E-state index contributed by atoms with van der Waals surface area (Å²) < 4.78 is 0. The van der Waals surface area contributed by atoms with Gasteiger partial charge in [0.2, 0.25) is 5.91 Å². The zero-order valence-electron chi connectivity index (χ0n) is 9.34. The molecule has 0 aliphatic carbocycles. The summed E-state index contributed by atoms with van der Waals surface area (Å²) in [5, 5.41) is 15.7. The number of aliphatic hydroxyl groups excluding tert-OH is 1. The van der Waals surface area contributed by atoms with E-state index < -0.39 is 0 Å². The fourth-order valence-corrected chi connectivity index (χ4v) is 2.63.